The fourth-order valence-electron chi connectivity index (χ4n) is 4.58. The first-order valence-electron chi connectivity index (χ1n) is 9.83. The van der Waals surface area contributed by atoms with Crippen LogP contribution in [-0.4, -0.2) is 35.4 Å². The topological polar surface area (TPSA) is 77.5 Å². The van der Waals surface area contributed by atoms with Crippen molar-refractivity contribution in [3.05, 3.63) is 51.9 Å². The SMILES string of the molecule is Cc1cc(OCC(=O)CC23CC(NC(=O)COc4ccc(Cl)c(F)c4)(C2)C3)ncc1Cl. The number of carbonyl (C=O) groups excluding carboxylic acids is 2. The highest BCUT2D eigenvalue weighted by atomic mass is 35.5. The summed E-state index contributed by atoms with van der Waals surface area (Å²) in [6.45, 7) is 1.59. The Balaban J connectivity index is 1.17. The number of aromatic nitrogens is 1. The number of ether oxygens (including phenoxy) is 2. The van der Waals surface area contributed by atoms with Crippen LogP contribution < -0.4 is 14.8 Å². The predicted molar refractivity (Wildman–Crippen MR) is 113 cm³/mol. The molecule has 1 N–H and O–H groups in total. The molecule has 0 spiro atoms. The van der Waals surface area contributed by atoms with Gasteiger partial charge < -0.3 is 14.8 Å². The van der Waals surface area contributed by atoms with Crippen LogP contribution >= 0.6 is 23.2 Å². The van der Waals surface area contributed by atoms with Gasteiger partial charge in [-0.3, -0.25) is 9.59 Å². The second-order valence-electron chi connectivity index (χ2n) is 8.50. The molecule has 0 saturated heterocycles. The number of pyridine rings is 1. The molecular formula is C22H21Cl2FN2O4. The van der Waals surface area contributed by atoms with Gasteiger partial charge in [0.25, 0.3) is 5.91 Å². The first-order chi connectivity index (χ1) is 14.7. The lowest BCUT2D eigenvalue weighted by Crippen LogP contribution is -2.75. The summed E-state index contributed by atoms with van der Waals surface area (Å²) in [5.74, 6) is -0.263. The van der Waals surface area contributed by atoms with E-state index in [2.05, 4.69) is 10.3 Å². The second-order valence-corrected chi connectivity index (χ2v) is 9.31. The fraction of sp³-hybridized carbons (Fsp3) is 0.409. The van der Waals surface area contributed by atoms with E-state index >= 15 is 0 Å². The van der Waals surface area contributed by atoms with Gasteiger partial charge in [-0.15, -0.1) is 0 Å². The van der Waals surface area contributed by atoms with Gasteiger partial charge in [-0.25, -0.2) is 9.37 Å². The standard InChI is InChI=1S/C22H21Cl2FN2O4/c1-13-4-20(26-7-17(13)24)31-8-14(28)6-21-10-22(11-21,12-21)27-19(29)9-30-15-2-3-16(23)18(25)5-15/h2-5,7H,6,8-12H2,1H3,(H,27,29). The lowest BCUT2D eigenvalue weighted by Gasteiger charge is -2.70. The molecule has 0 atom stereocenters. The van der Waals surface area contributed by atoms with Crippen LogP contribution in [-0.2, 0) is 9.59 Å². The quantitative estimate of drug-likeness (QED) is 0.596. The molecule has 3 aliphatic rings. The number of benzene rings is 1. The van der Waals surface area contributed by atoms with Crippen molar-refractivity contribution in [2.45, 2.75) is 38.1 Å². The zero-order valence-corrected chi connectivity index (χ0v) is 18.4. The molecule has 2 aromatic rings. The Hall–Kier alpha value is -2.38. The third kappa shape index (κ3) is 4.77. The number of amides is 1. The molecule has 1 aromatic carbocycles. The van der Waals surface area contributed by atoms with Gasteiger partial charge in [-0.05, 0) is 49.3 Å². The van der Waals surface area contributed by atoms with Gasteiger partial charge in [0.15, 0.2) is 12.4 Å². The lowest BCUT2D eigenvalue weighted by molar-refractivity contribution is -0.173. The van der Waals surface area contributed by atoms with Crippen LogP contribution in [0.2, 0.25) is 10.0 Å². The van der Waals surface area contributed by atoms with Crippen LogP contribution in [0.15, 0.2) is 30.5 Å². The number of Topliss-reactive ketones (excluding diaryl/α,β-unsaturated/α-hetero) is 1. The Morgan fingerprint density at radius 1 is 1.13 bits per heavy atom. The Morgan fingerprint density at radius 2 is 1.87 bits per heavy atom. The molecule has 3 aliphatic carbocycles. The van der Waals surface area contributed by atoms with Crippen molar-refractivity contribution in [1.29, 1.82) is 0 Å². The van der Waals surface area contributed by atoms with Gasteiger partial charge in [-0.1, -0.05) is 23.2 Å². The number of rotatable bonds is 9. The molecule has 9 heteroatoms. The largest absolute Gasteiger partial charge is 0.484 e. The number of aryl methyl sites for hydroxylation is 1. The van der Waals surface area contributed by atoms with Crippen molar-refractivity contribution in [2.24, 2.45) is 5.41 Å². The Labute approximate surface area is 189 Å². The number of hydrogen-bond donors (Lipinski definition) is 1. The molecule has 1 amide bonds. The van der Waals surface area contributed by atoms with E-state index < -0.39 is 5.82 Å². The number of hydrogen-bond acceptors (Lipinski definition) is 5. The average molecular weight is 467 g/mol. The maximum atomic E-state index is 13.4. The third-order valence-corrected chi connectivity index (χ3v) is 6.48. The van der Waals surface area contributed by atoms with E-state index in [0.29, 0.717) is 17.3 Å². The predicted octanol–water partition coefficient (Wildman–Crippen LogP) is 4.29. The summed E-state index contributed by atoms with van der Waals surface area (Å²) in [4.78, 5) is 28.5. The van der Waals surface area contributed by atoms with Crippen molar-refractivity contribution in [1.82, 2.24) is 10.3 Å². The molecule has 1 aromatic heterocycles. The van der Waals surface area contributed by atoms with Crippen molar-refractivity contribution in [3.63, 3.8) is 0 Å². The first kappa shape index (κ1) is 21.8. The average Bonchev–Trinajstić information content (AvgIpc) is 2.67. The van der Waals surface area contributed by atoms with Crippen molar-refractivity contribution < 1.29 is 23.5 Å². The molecule has 31 heavy (non-hydrogen) atoms. The summed E-state index contributed by atoms with van der Waals surface area (Å²) in [5, 5.41) is 3.52. The molecule has 3 saturated carbocycles. The van der Waals surface area contributed by atoms with Gasteiger partial charge in [-0.2, -0.15) is 0 Å². The third-order valence-electron chi connectivity index (χ3n) is 5.78. The number of ketones is 1. The van der Waals surface area contributed by atoms with Crippen LogP contribution in [0.5, 0.6) is 11.6 Å². The summed E-state index contributed by atoms with van der Waals surface area (Å²) in [5.41, 5.74) is 0.514. The lowest BCUT2D eigenvalue weighted by atomic mass is 9.38. The van der Waals surface area contributed by atoms with E-state index in [0.717, 1.165) is 30.9 Å². The minimum absolute atomic E-state index is 0.00197. The number of nitrogens with zero attached hydrogens (tertiary/aromatic N) is 1. The van der Waals surface area contributed by atoms with Gasteiger partial charge in [0.05, 0.1) is 10.0 Å². The van der Waals surface area contributed by atoms with Crippen LogP contribution in [0.3, 0.4) is 0 Å². The van der Waals surface area contributed by atoms with Crippen LogP contribution in [0.4, 0.5) is 4.39 Å². The molecule has 6 nitrogen and oxygen atoms in total. The van der Waals surface area contributed by atoms with E-state index in [1.54, 1.807) is 6.07 Å². The molecule has 0 unspecified atom stereocenters. The molecule has 1 heterocycles. The highest BCUT2D eigenvalue weighted by Gasteiger charge is 2.68. The molecule has 3 fully saturated rings. The summed E-state index contributed by atoms with van der Waals surface area (Å²) in [6, 6.07) is 5.71. The van der Waals surface area contributed by atoms with Gasteiger partial charge in [0.1, 0.15) is 18.2 Å². The van der Waals surface area contributed by atoms with E-state index in [-0.39, 0.29) is 46.6 Å². The zero-order chi connectivity index (χ0) is 22.2. The van der Waals surface area contributed by atoms with E-state index in [1.165, 1.54) is 18.3 Å². The maximum absolute atomic E-state index is 13.4. The number of carbonyl (C=O) groups is 2. The van der Waals surface area contributed by atoms with Gasteiger partial charge >= 0.3 is 0 Å². The normalized spacial score (nSPS) is 23.4. The molecule has 5 rings (SSSR count). The van der Waals surface area contributed by atoms with Crippen molar-refractivity contribution >= 4 is 34.9 Å². The van der Waals surface area contributed by atoms with E-state index in [9.17, 15) is 14.0 Å². The summed E-state index contributed by atoms with van der Waals surface area (Å²) >= 11 is 11.6. The zero-order valence-electron chi connectivity index (χ0n) is 16.8. The smallest absolute Gasteiger partial charge is 0.258 e. The van der Waals surface area contributed by atoms with Gasteiger partial charge in [0, 0.05) is 30.3 Å². The van der Waals surface area contributed by atoms with Crippen molar-refractivity contribution in [3.8, 4) is 11.6 Å². The summed E-state index contributed by atoms with van der Waals surface area (Å²) in [6.07, 6.45) is 4.18. The van der Waals surface area contributed by atoms with Crippen LogP contribution in [0.25, 0.3) is 0 Å². The minimum Gasteiger partial charge on any atom is -0.484 e. The number of nitrogens with one attached hydrogen (secondary N) is 1. The van der Waals surface area contributed by atoms with E-state index in [1.807, 2.05) is 6.92 Å². The molecule has 164 valence electrons. The molecule has 0 radical (unpaired) electrons. The highest BCUT2D eigenvalue weighted by molar-refractivity contribution is 6.31. The van der Waals surface area contributed by atoms with Gasteiger partial charge in [0.2, 0.25) is 5.88 Å². The summed E-state index contributed by atoms with van der Waals surface area (Å²) < 4.78 is 24.2. The molecular weight excluding hydrogens is 446 g/mol. The van der Waals surface area contributed by atoms with Crippen LogP contribution in [0.1, 0.15) is 31.2 Å². The first-order valence-corrected chi connectivity index (χ1v) is 10.6. The minimum atomic E-state index is -0.600. The monoisotopic (exact) mass is 466 g/mol. The van der Waals surface area contributed by atoms with Crippen LogP contribution in [0, 0.1) is 18.2 Å². The highest BCUT2D eigenvalue weighted by Crippen LogP contribution is 2.68. The maximum Gasteiger partial charge on any atom is 0.258 e. The Morgan fingerprint density at radius 3 is 2.55 bits per heavy atom. The fourth-order valence-corrected chi connectivity index (χ4v) is 4.80. The summed E-state index contributed by atoms with van der Waals surface area (Å²) in [7, 11) is 0. The molecule has 2 bridgehead atoms. The Bertz CT molecular complexity index is 947. The Kier molecular flexibility index (Phi) is 5.83. The number of halogens is 3. The second kappa shape index (κ2) is 8.28. The molecule has 0 aliphatic heterocycles. The van der Waals surface area contributed by atoms with E-state index in [4.69, 9.17) is 32.7 Å². The van der Waals surface area contributed by atoms with Crippen molar-refractivity contribution in [2.75, 3.05) is 13.2 Å².